The van der Waals surface area contributed by atoms with Crippen molar-refractivity contribution in [3.8, 4) is 0 Å². The van der Waals surface area contributed by atoms with E-state index in [1.165, 1.54) is 11.8 Å². The van der Waals surface area contributed by atoms with Crippen molar-refractivity contribution in [3.63, 3.8) is 0 Å². The van der Waals surface area contributed by atoms with Crippen LogP contribution in [-0.4, -0.2) is 17.6 Å². The molecule has 1 heterocycles. The number of nitrogens with one attached hydrogen (secondary N) is 2. The Morgan fingerprint density at radius 2 is 1.86 bits per heavy atom. The van der Waals surface area contributed by atoms with E-state index in [1.807, 2.05) is 54.6 Å². The molecule has 3 rings (SSSR count). The number of para-hydroxylation sites is 1. The first-order chi connectivity index (χ1) is 10.7. The van der Waals surface area contributed by atoms with Crippen molar-refractivity contribution in [1.29, 1.82) is 0 Å². The van der Waals surface area contributed by atoms with Gasteiger partial charge in [0.1, 0.15) is 0 Å². The summed E-state index contributed by atoms with van der Waals surface area (Å²) >= 11 is 1.49. The minimum absolute atomic E-state index is 0.0663. The van der Waals surface area contributed by atoms with E-state index in [0.29, 0.717) is 5.75 Å². The molecule has 0 unspecified atom stereocenters. The van der Waals surface area contributed by atoms with Crippen LogP contribution in [0.5, 0.6) is 0 Å². The molecule has 0 bridgehead atoms. The van der Waals surface area contributed by atoms with Gasteiger partial charge >= 0.3 is 0 Å². The number of anilines is 1. The van der Waals surface area contributed by atoms with E-state index in [1.54, 1.807) is 0 Å². The van der Waals surface area contributed by atoms with Crippen LogP contribution in [0, 0.1) is 0 Å². The van der Waals surface area contributed by atoms with Crippen molar-refractivity contribution in [2.75, 3.05) is 11.1 Å². The fourth-order valence-corrected chi connectivity index (χ4v) is 3.17. The SMILES string of the molecule is O=C1C[C@H](NC(=O)CSc2ccccc2)c2ccccc2N1. The highest BCUT2D eigenvalue weighted by molar-refractivity contribution is 8.00. The highest BCUT2D eigenvalue weighted by Gasteiger charge is 2.25. The lowest BCUT2D eigenvalue weighted by Gasteiger charge is -2.26. The second-order valence-corrected chi connectivity index (χ2v) is 6.11. The Hall–Kier alpha value is -2.27. The summed E-state index contributed by atoms with van der Waals surface area (Å²) in [6.07, 6.45) is 0.277. The molecule has 22 heavy (non-hydrogen) atoms. The van der Waals surface area contributed by atoms with Crippen molar-refractivity contribution < 1.29 is 9.59 Å². The normalized spacial score (nSPS) is 16.5. The third kappa shape index (κ3) is 3.49. The van der Waals surface area contributed by atoms with Crippen LogP contribution < -0.4 is 10.6 Å². The molecule has 5 heteroatoms. The number of amides is 2. The zero-order chi connectivity index (χ0) is 15.4. The Kier molecular flexibility index (Phi) is 4.44. The van der Waals surface area contributed by atoms with Gasteiger partial charge in [-0.2, -0.15) is 0 Å². The summed E-state index contributed by atoms with van der Waals surface area (Å²) in [6.45, 7) is 0. The molecule has 2 aromatic rings. The molecule has 0 aliphatic carbocycles. The third-order valence-corrected chi connectivity index (χ3v) is 4.46. The Labute approximate surface area is 133 Å². The molecular formula is C17H16N2O2S. The Balaban J connectivity index is 1.63. The molecule has 0 saturated heterocycles. The zero-order valence-corrected chi connectivity index (χ0v) is 12.7. The summed E-state index contributed by atoms with van der Waals surface area (Å²) in [6, 6.07) is 17.1. The highest BCUT2D eigenvalue weighted by Crippen LogP contribution is 2.30. The molecule has 0 fully saturated rings. The second-order valence-electron chi connectivity index (χ2n) is 5.06. The molecule has 2 aromatic carbocycles. The number of benzene rings is 2. The standard InChI is InChI=1S/C17H16N2O2S/c20-16-10-15(13-8-4-5-9-14(13)18-16)19-17(21)11-22-12-6-2-1-3-7-12/h1-9,15H,10-11H2,(H,18,20)(H,19,21)/t15-/m0/s1. The van der Waals surface area contributed by atoms with Crippen LogP contribution in [0.2, 0.25) is 0 Å². The largest absolute Gasteiger partial charge is 0.348 e. The number of carbonyl (C=O) groups excluding carboxylic acids is 2. The van der Waals surface area contributed by atoms with Gasteiger partial charge in [-0.25, -0.2) is 0 Å². The van der Waals surface area contributed by atoms with Gasteiger partial charge in [-0.3, -0.25) is 9.59 Å². The number of fused-ring (bicyclic) bond motifs is 1. The van der Waals surface area contributed by atoms with Crippen LogP contribution in [0.25, 0.3) is 0 Å². The minimum Gasteiger partial charge on any atom is -0.348 e. The minimum atomic E-state index is -0.256. The second kappa shape index (κ2) is 6.66. The highest BCUT2D eigenvalue weighted by atomic mass is 32.2. The van der Waals surface area contributed by atoms with Gasteiger partial charge in [0.15, 0.2) is 0 Å². The first-order valence-electron chi connectivity index (χ1n) is 7.08. The average molecular weight is 312 g/mol. The smallest absolute Gasteiger partial charge is 0.230 e. The van der Waals surface area contributed by atoms with Crippen LogP contribution in [0.3, 0.4) is 0 Å². The predicted octanol–water partition coefficient (Wildman–Crippen LogP) is 2.98. The number of hydrogen-bond donors (Lipinski definition) is 2. The molecule has 0 saturated carbocycles. The van der Waals surface area contributed by atoms with Crippen molar-refractivity contribution in [2.24, 2.45) is 0 Å². The molecule has 1 aliphatic rings. The van der Waals surface area contributed by atoms with Gasteiger partial charge in [0.25, 0.3) is 0 Å². The van der Waals surface area contributed by atoms with Crippen LogP contribution in [0.1, 0.15) is 18.0 Å². The first-order valence-corrected chi connectivity index (χ1v) is 8.07. The quantitative estimate of drug-likeness (QED) is 0.853. The van der Waals surface area contributed by atoms with Gasteiger partial charge in [-0.15, -0.1) is 11.8 Å². The van der Waals surface area contributed by atoms with Gasteiger partial charge in [0, 0.05) is 10.6 Å². The van der Waals surface area contributed by atoms with E-state index in [4.69, 9.17) is 0 Å². The lowest BCUT2D eigenvalue weighted by atomic mass is 9.97. The van der Waals surface area contributed by atoms with E-state index >= 15 is 0 Å². The van der Waals surface area contributed by atoms with Crippen LogP contribution in [-0.2, 0) is 9.59 Å². The zero-order valence-electron chi connectivity index (χ0n) is 11.9. The van der Waals surface area contributed by atoms with E-state index in [2.05, 4.69) is 10.6 Å². The molecule has 0 radical (unpaired) electrons. The first kappa shape index (κ1) is 14.7. The maximum absolute atomic E-state index is 12.1. The number of carbonyl (C=O) groups is 2. The number of thioether (sulfide) groups is 1. The molecular weight excluding hydrogens is 296 g/mol. The summed E-state index contributed by atoms with van der Waals surface area (Å²) in [5, 5.41) is 5.78. The number of hydrogen-bond acceptors (Lipinski definition) is 3. The molecule has 0 aromatic heterocycles. The average Bonchev–Trinajstić information content (AvgIpc) is 2.54. The predicted molar refractivity (Wildman–Crippen MR) is 87.7 cm³/mol. The van der Waals surface area contributed by atoms with E-state index in [-0.39, 0.29) is 24.3 Å². The molecule has 2 amide bonds. The van der Waals surface area contributed by atoms with Crippen molar-refractivity contribution >= 4 is 29.3 Å². The van der Waals surface area contributed by atoms with E-state index < -0.39 is 0 Å². The van der Waals surface area contributed by atoms with Gasteiger partial charge in [-0.1, -0.05) is 36.4 Å². The Bertz CT molecular complexity index is 688. The van der Waals surface area contributed by atoms with Crippen molar-refractivity contribution in [3.05, 3.63) is 60.2 Å². The van der Waals surface area contributed by atoms with Crippen LogP contribution >= 0.6 is 11.8 Å². The molecule has 1 atom stereocenters. The summed E-state index contributed by atoms with van der Waals surface area (Å²) in [7, 11) is 0. The van der Waals surface area contributed by atoms with E-state index in [9.17, 15) is 9.59 Å². The molecule has 2 N–H and O–H groups in total. The lowest BCUT2D eigenvalue weighted by molar-refractivity contribution is -0.120. The Morgan fingerprint density at radius 1 is 1.14 bits per heavy atom. The Morgan fingerprint density at radius 3 is 2.68 bits per heavy atom. The van der Waals surface area contributed by atoms with Crippen molar-refractivity contribution in [2.45, 2.75) is 17.4 Å². The fourth-order valence-electron chi connectivity index (χ4n) is 2.44. The van der Waals surface area contributed by atoms with Gasteiger partial charge < -0.3 is 10.6 Å². The maximum atomic E-state index is 12.1. The third-order valence-electron chi connectivity index (χ3n) is 3.45. The maximum Gasteiger partial charge on any atom is 0.230 e. The molecule has 1 aliphatic heterocycles. The van der Waals surface area contributed by atoms with E-state index in [0.717, 1.165) is 16.1 Å². The molecule has 4 nitrogen and oxygen atoms in total. The fraction of sp³-hybridized carbons (Fsp3) is 0.176. The van der Waals surface area contributed by atoms with Crippen LogP contribution in [0.15, 0.2) is 59.5 Å². The topological polar surface area (TPSA) is 58.2 Å². The lowest BCUT2D eigenvalue weighted by Crippen LogP contribution is -2.35. The summed E-state index contributed by atoms with van der Waals surface area (Å²) in [5.41, 5.74) is 1.74. The summed E-state index contributed by atoms with van der Waals surface area (Å²) in [5.74, 6) is 0.202. The van der Waals surface area contributed by atoms with Crippen molar-refractivity contribution in [1.82, 2.24) is 5.32 Å². The van der Waals surface area contributed by atoms with Crippen LogP contribution in [0.4, 0.5) is 5.69 Å². The van der Waals surface area contributed by atoms with Gasteiger partial charge in [-0.05, 0) is 23.8 Å². The van der Waals surface area contributed by atoms with Gasteiger partial charge in [0.05, 0.1) is 18.2 Å². The monoisotopic (exact) mass is 312 g/mol. The summed E-state index contributed by atoms with van der Waals surface area (Å²) < 4.78 is 0. The molecule has 0 spiro atoms. The summed E-state index contributed by atoms with van der Waals surface area (Å²) in [4.78, 5) is 24.9. The van der Waals surface area contributed by atoms with Gasteiger partial charge in [0.2, 0.25) is 11.8 Å². The number of rotatable bonds is 4. The molecule has 112 valence electrons.